The Balaban J connectivity index is 1.49. The van der Waals surface area contributed by atoms with Crippen molar-refractivity contribution in [2.75, 3.05) is 0 Å². The van der Waals surface area contributed by atoms with E-state index in [0.29, 0.717) is 18.5 Å². The van der Waals surface area contributed by atoms with E-state index in [0.717, 1.165) is 31.0 Å². The zero-order valence-electron chi connectivity index (χ0n) is 16.6. The second-order valence-corrected chi connectivity index (χ2v) is 8.63. The smallest absolute Gasteiger partial charge is 0.335 e. The van der Waals surface area contributed by atoms with Crippen molar-refractivity contribution in [3.63, 3.8) is 0 Å². The highest BCUT2D eigenvalue weighted by molar-refractivity contribution is 14.1. The molecule has 0 aromatic heterocycles. The lowest BCUT2D eigenvalue weighted by Crippen LogP contribution is -2.22. The minimum absolute atomic E-state index is 0.102. The third kappa shape index (κ3) is 5.30. The highest BCUT2D eigenvalue weighted by atomic mass is 127. The van der Waals surface area contributed by atoms with Crippen LogP contribution in [-0.4, -0.2) is 17.0 Å². The van der Waals surface area contributed by atoms with E-state index in [-0.39, 0.29) is 11.5 Å². The van der Waals surface area contributed by atoms with E-state index >= 15 is 0 Å². The Labute approximate surface area is 194 Å². The Morgan fingerprint density at radius 2 is 1.32 bits per heavy atom. The first-order valence-corrected chi connectivity index (χ1v) is 10.9. The van der Waals surface area contributed by atoms with Crippen molar-refractivity contribution in [1.82, 2.24) is 5.32 Å². The number of aromatic carboxylic acids is 1. The van der Waals surface area contributed by atoms with Gasteiger partial charge in [-0.15, -0.1) is 0 Å². The van der Waals surface area contributed by atoms with Crippen LogP contribution in [0.5, 0.6) is 0 Å². The van der Waals surface area contributed by atoms with Gasteiger partial charge in [-0.1, -0.05) is 48.5 Å². The Morgan fingerprint density at radius 3 is 2.03 bits per heavy atom. The number of carboxylic acid groups (broad SMARTS) is 1. The first-order valence-electron chi connectivity index (χ1n) is 9.85. The van der Waals surface area contributed by atoms with Gasteiger partial charge in [-0.3, -0.25) is 4.79 Å². The van der Waals surface area contributed by atoms with Crippen LogP contribution in [0.15, 0.2) is 84.9 Å². The van der Waals surface area contributed by atoms with Crippen LogP contribution < -0.4 is 5.32 Å². The Kier molecular flexibility index (Phi) is 6.32. The van der Waals surface area contributed by atoms with Gasteiger partial charge in [0.2, 0.25) is 0 Å². The van der Waals surface area contributed by atoms with Crippen molar-refractivity contribution in [1.29, 1.82) is 0 Å². The maximum Gasteiger partial charge on any atom is 0.335 e. The summed E-state index contributed by atoms with van der Waals surface area (Å²) >= 11 is 2.26. The molecule has 0 aliphatic rings. The molecule has 154 valence electrons. The molecule has 4 nitrogen and oxygen atoms in total. The monoisotopic (exact) mass is 521 g/mol. The maximum absolute atomic E-state index is 12.6. The molecule has 4 rings (SSSR count). The van der Waals surface area contributed by atoms with Crippen molar-refractivity contribution in [2.24, 2.45) is 0 Å². The minimum atomic E-state index is -0.926. The molecule has 0 fully saturated rings. The molecule has 0 unspecified atom stereocenters. The largest absolute Gasteiger partial charge is 0.478 e. The number of carboxylic acids is 1. The van der Waals surface area contributed by atoms with Crippen LogP contribution in [0.25, 0.3) is 10.8 Å². The molecule has 0 aliphatic carbocycles. The standard InChI is InChI=1S/C26H20INO3/c27-24-11-4-18(5-12-24)16-28-25(29)22-10-9-20-6-3-19(14-23(20)15-22)13-17-1-7-21(8-2-17)26(30)31/h1-12,14-15H,13,16H2,(H,28,29)(H,30,31). The second kappa shape index (κ2) is 9.31. The third-order valence-electron chi connectivity index (χ3n) is 5.14. The summed E-state index contributed by atoms with van der Waals surface area (Å²) in [6.07, 6.45) is 0.694. The van der Waals surface area contributed by atoms with Gasteiger partial charge in [0.25, 0.3) is 5.91 Å². The SMILES string of the molecule is O=C(O)c1ccc(Cc2ccc3ccc(C(=O)NCc4ccc(I)cc4)cc3c2)cc1. The van der Waals surface area contributed by atoms with Gasteiger partial charge in [0.1, 0.15) is 0 Å². The molecule has 0 saturated heterocycles. The van der Waals surface area contributed by atoms with Crippen LogP contribution >= 0.6 is 22.6 Å². The van der Waals surface area contributed by atoms with E-state index in [1.807, 2.05) is 60.7 Å². The molecule has 0 saturated carbocycles. The van der Waals surface area contributed by atoms with Crippen molar-refractivity contribution in [2.45, 2.75) is 13.0 Å². The molecule has 0 aliphatic heterocycles. The lowest BCUT2D eigenvalue weighted by molar-refractivity contribution is 0.0696. The number of fused-ring (bicyclic) bond motifs is 1. The molecule has 4 aromatic carbocycles. The van der Waals surface area contributed by atoms with E-state index in [1.165, 1.54) is 0 Å². The topological polar surface area (TPSA) is 66.4 Å². The van der Waals surface area contributed by atoms with Gasteiger partial charge in [-0.25, -0.2) is 4.79 Å². The molecule has 0 spiro atoms. The minimum Gasteiger partial charge on any atom is -0.478 e. The fraction of sp³-hybridized carbons (Fsp3) is 0.0769. The molecular formula is C26H20INO3. The number of benzene rings is 4. The highest BCUT2D eigenvalue weighted by Crippen LogP contribution is 2.20. The molecule has 4 aromatic rings. The first kappa shape index (κ1) is 21.1. The molecular weight excluding hydrogens is 501 g/mol. The van der Waals surface area contributed by atoms with Gasteiger partial charge in [-0.2, -0.15) is 0 Å². The molecule has 0 radical (unpaired) electrons. The van der Waals surface area contributed by atoms with Crippen molar-refractivity contribution in [3.05, 3.63) is 116 Å². The molecule has 0 heterocycles. The lowest BCUT2D eigenvalue weighted by atomic mass is 9.99. The summed E-state index contributed by atoms with van der Waals surface area (Å²) in [5, 5.41) is 14.1. The number of halogens is 1. The maximum atomic E-state index is 12.6. The zero-order chi connectivity index (χ0) is 21.8. The van der Waals surface area contributed by atoms with Crippen LogP contribution in [-0.2, 0) is 13.0 Å². The summed E-state index contributed by atoms with van der Waals surface area (Å²) < 4.78 is 1.16. The molecule has 0 atom stereocenters. The average molecular weight is 521 g/mol. The van der Waals surface area contributed by atoms with E-state index in [9.17, 15) is 9.59 Å². The van der Waals surface area contributed by atoms with E-state index < -0.39 is 5.97 Å². The normalized spacial score (nSPS) is 10.7. The molecule has 0 bridgehead atoms. The summed E-state index contributed by atoms with van der Waals surface area (Å²) in [6, 6.07) is 26.9. The van der Waals surface area contributed by atoms with Crippen LogP contribution in [0.1, 0.15) is 37.4 Å². The number of hydrogen-bond acceptors (Lipinski definition) is 2. The summed E-state index contributed by atoms with van der Waals surface area (Å²) in [5.74, 6) is -1.03. The number of carbonyl (C=O) groups excluding carboxylic acids is 1. The third-order valence-corrected chi connectivity index (χ3v) is 5.86. The van der Waals surface area contributed by atoms with Gasteiger partial charge >= 0.3 is 5.97 Å². The van der Waals surface area contributed by atoms with Gasteiger partial charge in [0.05, 0.1) is 5.56 Å². The number of amides is 1. The predicted octanol–water partition coefficient (Wildman–Crippen LogP) is 5.66. The zero-order valence-corrected chi connectivity index (χ0v) is 18.8. The molecule has 1 amide bonds. The predicted molar refractivity (Wildman–Crippen MR) is 130 cm³/mol. The van der Waals surface area contributed by atoms with Crippen molar-refractivity contribution >= 4 is 45.2 Å². The summed E-state index contributed by atoms with van der Waals surface area (Å²) in [7, 11) is 0. The van der Waals surface area contributed by atoms with Crippen LogP contribution in [0.3, 0.4) is 0 Å². The van der Waals surface area contributed by atoms with Crippen LogP contribution in [0.2, 0.25) is 0 Å². The summed E-state index contributed by atoms with van der Waals surface area (Å²) in [4.78, 5) is 23.6. The number of rotatable bonds is 6. The average Bonchev–Trinajstić information content (AvgIpc) is 2.78. The molecule has 5 heteroatoms. The Hall–Kier alpha value is -3.19. The van der Waals surface area contributed by atoms with Gasteiger partial charge in [-0.05, 0) is 92.9 Å². The Morgan fingerprint density at radius 1 is 0.710 bits per heavy atom. The molecule has 2 N–H and O–H groups in total. The second-order valence-electron chi connectivity index (χ2n) is 7.38. The number of carbonyl (C=O) groups is 2. The highest BCUT2D eigenvalue weighted by Gasteiger charge is 2.08. The number of nitrogens with one attached hydrogen (secondary N) is 1. The van der Waals surface area contributed by atoms with E-state index in [2.05, 4.69) is 40.0 Å². The Bertz CT molecular complexity index is 1250. The van der Waals surface area contributed by atoms with Gasteiger partial charge in [0.15, 0.2) is 0 Å². The van der Waals surface area contributed by atoms with Crippen molar-refractivity contribution in [3.8, 4) is 0 Å². The first-order chi connectivity index (χ1) is 15.0. The number of hydrogen-bond donors (Lipinski definition) is 2. The lowest BCUT2D eigenvalue weighted by Gasteiger charge is -2.08. The molecule has 31 heavy (non-hydrogen) atoms. The van der Waals surface area contributed by atoms with Crippen molar-refractivity contribution < 1.29 is 14.7 Å². The van der Waals surface area contributed by atoms with E-state index in [1.54, 1.807) is 12.1 Å². The van der Waals surface area contributed by atoms with E-state index in [4.69, 9.17) is 5.11 Å². The fourth-order valence-corrected chi connectivity index (χ4v) is 3.79. The van der Waals surface area contributed by atoms with Gasteiger partial charge in [0, 0.05) is 15.7 Å². The fourth-order valence-electron chi connectivity index (χ4n) is 3.43. The van der Waals surface area contributed by atoms with Crippen LogP contribution in [0.4, 0.5) is 0 Å². The van der Waals surface area contributed by atoms with Gasteiger partial charge < -0.3 is 10.4 Å². The summed E-state index contributed by atoms with van der Waals surface area (Å²) in [5.41, 5.74) is 4.11. The quantitative estimate of drug-likeness (QED) is 0.322. The summed E-state index contributed by atoms with van der Waals surface area (Å²) in [6.45, 7) is 0.486. The van der Waals surface area contributed by atoms with Crippen LogP contribution in [0, 0.1) is 3.57 Å².